The first-order valence-electron chi connectivity index (χ1n) is 4.87. The molecule has 0 bridgehead atoms. The molecule has 3 nitrogen and oxygen atoms in total. The van der Waals surface area contributed by atoms with Crippen LogP contribution in [0.25, 0.3) is 0 Å². The Morgan fingerprint density at radius 3 is 2.85 bits per heavy atom. The van der Waals surface area contributed by atoms with Crippen molar-refractivity contribution in [3.05, 3.63) is 10.6 Å². The first-order valence-corrected chi connectivity index (χ1v) is 5.65. The SMILES string of the molecule is Cc1nnsc1CNC1CCCC1. The highest BCUT2D eigenvalue weighted by molar-refractivity contribution is 7.05. The molecule has 4 heteroatoms. The number of nitrogens with zero attached hydrogens (tertiary/aromatic N) is 2. The van der Waals surface area contributed by atoms with E-state index in [1.54, 1.807) is 0 Å². The fraction of sp³-hybridized carbons (Fsp3) is 0.778. The molecule has 72 valence electrons. The van der Waals surface area contributed by atoms with Gasteiger partial charge in [-0.2, -0.15) is 0 Å². The molecule has 2 rings (SSSR count). The highest BCUT2D eigenvalue weighted by Crippen LogP contribution is 2.18. The van der Waals surface area contributed by atoms with E-state index in [4.69, 9.17) is 0 Å². The molecule has 0 saturated heterocycles. The molecule has 1 saturated carbocycles. The molecule has 0 spiro atoms. The fourth-order valence-electron chi connectivity index (χ4n) is 1.78. The zero-order valence-electron chi connectivity index (χ0n) is 7.92. The van der Waals surface area contributed by atoms with Crippen molar-refractivity contribution in [2.24, 2.45) is 0 Å². The lowest BCUT2D eigenvalue weighted by Gasteiger charge is -2.09. The lowest BCUT2D eigenvalue weighted by molar-refractivity contribution is 0.526. The highest BCUT2D eigenvalue weighted by atomic mass is 32.1. The summed E-state index contributed by atoms with van der Waals surface area (Å²) in [6.07, 6.45) is 5.45. The lowest BCUT2D eigenvalue weighted by Crippen LogP contribution is -2.25. The Bertz CT molecular complexity index is 266. The number of hydrogen-bond acceptors (Lipinski definition) is 4. The number of aryl methyl sites for hydroxylation is 1. The Labute approximate surface area is 82.7 Å². The van der Waals surface area contributed by atoms with Crippen molar-refractivity contribution in [1.29, 1.82) is 0 Å². The lowest BCUT2D eigenvalue weighted by atomic mass is 10.2. The van der Waals surface area contributed by atoms with Gasteiger partial charge < -0.3 is 5.32 Å². The van der Waals surface area contributed by atoms with Crippen LogP contribution in [0, 0.1) is 6.92 Å². The molecule has 1 heterocycles. The summed E-state index contributed by atoms with van der Waals surface area (Å²) in [4.78, 5) is 1.28. The van der Waals surface area contributed by atoms with Gasteiger partial charge in [-0.3, -0.25) is 0 Å². The normalized spacial score (nSPS) is 18.2. The maximum absolute atomic E-state index is 3.99. The van der Waals surface area contributed by atoms with Crippen LogP contribution in [0.5, 0.6) is 0 Å². The molecule has 1 N–H and O–H groups in total. The maximum Gasteiger partial charge on any atom is 0.0769 e. The van der Waals surface area contributed by atoms with Crippen LogP contribution in [-0.4, -0.2) is 15.6 Å². The van der Waals surface area contributed by atoms with Crippen LogP contribution in [-0.2, 0) is 6.54 Å². The third kappa shape index (κ3) is 2.25. The van der Waals surface area contributed by atoms with Gasteiger partial charge in [0.2, 0.25) is 0 Å². The van der Waals surface area contributed by atoms with Gasteiger partial charge in [-0.25, -0.2) is 0 Å². The zero-order valence-corrected chi connectivity index (χ0v) is 8.73. The fourth-order valence-corrected chi connectivity index (χ4v) is 2.36. The van der Waals surface area contributed by atoms with Gasteiger partial charge in [-0.1, -0.05) is 17.3 Å². The quantitative estimate of drug-likeness (QED) is 0.804. The van der Waals surface area contributed by atoms with Crippen molar-refractivity contribution >= 4 is 11.5 Å². The van der Waals surface area contributed by atoms with E-state index in [9.17, 15) is 0 Å². The average Bonchev–Trinajstić information content (AvgIpc) is 2.72. The van der Waals surface area contributed by atoms with Crippen molar-refractivity contribution in [2.75, 3.05) is 0 Å². The summed E-state index contributed by atoms with van der Waals surface area (Å²) in [6.45, 7) is 2.98. The van der Waals surface area contributed by atoms with E-state index in [2.05, 4.69) is 14.9 Å². The summed E-state index contributed by atoms with van der Waals surface area (Å²) in [5.74, 6) is 0. The average molecular weight is 197 g/mol. The minimum absolute atomic E-state index is 0.737. The predicted octanol–water partition coefficient (Wildman–Crippen LogP) is 1.88. The molecular formula is C9H15N3S. The van der Waals surface area contributed by atoms with E-state index in [1.807, 2.05) is 6.92 Å². The summed E-state index contributed by atoms with van der Waals surface area (Å²) < 4.78 is 3.92. The van der Waals surface area contributed by atoms with Gasteiger partial charge >= 0.3 is 0 Å². The van der Waals surface area contributed by atoms with E-state index in [0.717, 1.165) is 18.3 Å². The predicted molar refractivity (Wildman–Crippen MR) is 53.7 cm³/mol. The molecule has 1 aliphatic rings. The van der Waals surface area contributed by atoms with Crippen LogP contribution >= 0.6 is 11.5 Å². The van der Waals surface area contributed by atoms with E-state index in [-0.39, 0.29) is 0 Å². The topological polar surface area (TPSA) is 37.8 Å². The number of nitrogens with one attached hydrogen (secondary N) is 1. The van der Waals surface area contributed by atoms with Crippen molar-refractivity contribution in [3.63, 3.8) is 0 Å². The minimum Gasteiger partial charge on any atom is -0.309 e. The van der Waals surface area contributed by atoms with Gasteiger partial charge in [0, 0.05) is 12.6 Å². The van der Waals surface area contributed by atoms with Gasteiger partial charge in [0.05, 0.1) is 10.6 Å². The molecule has 13 heavy (non-hydrogen) atoms. The van der Waals surface area contributed by atoms with Gasteiger partial charge in [0.25, 0.3) is 0 Å². The van der Waals surface area contributed by atoms with Gasteiger partial charge in [-0.05, 0) is 31.3 Å². The summed E-state index contributed by atoms with van der Waals surface area (Å²) in [6, 6.07) is 0.737. The third-order valence-corrected chi connectivity index (χ3v) is 3.48. The monoisotopic (exact) mass is 197 g/mol. The molecule has 1 aromatic heterocycles. The molecule has 0 unspecified atom stereocenters. The van der Waals surface area contributed by atoms with Crippen molar-refractivity contribution in [1.82, 2.24) is 14.9 Å². The first-order chi connectivity index (χ1) is 6.36. The minimum atomic E-state index is 0.737. The molecule has 1 aliphatic carbocycles. The standard InChI is InChI=1S/C9H15N3S/c1-7-9(13-12-11-7)6-10-8-4-2-3-5-8/h8,10H,2-6H2,1H3. The third-order valence-electron chi connectivity index (χ3n) is 2.65. The molecule has 0 aliphatic heterocycles. The molecule has 0 radical (unpaired) electrons. The summed E-state index contributed by atoms with van der Waals surface area (Å²) >= 11 is 1.51. The van der Waals surface area contributed by atoms with Crippen molar-refractivity contribution in [3.8, 4) is 0 Å². The summed E-state index contributed by atoms with van der Waals surface area (Å²) in [7, 11) is 0. The summed E-state index contributed by atoms with van der Waals surface area (Å²) in [5, 5.41) is 7.55. The van der Waals surface area contributed by atoms with E-state index < -0.39 is 0 Å². The number of aromatic nitrogens is 2. The Morgan fingerprint density at radius 1 is 1.46 bits per heavy atom. The van der Waals surface area contributed by atoms with Crippen LogP contribution in [0.2, 0.25) is 0 Å². The largest absolute Gasteiger partial charge is 0.309 e. The van der Waals surface area contributed by atoms with E-state index in [0.29, 0.717) is 0 Å². The van der Waals surface area contributed by atoms with E-state index in [1.165, 1.54) is 42.1 Å². The smallest absolute Gasteiger partial charge is 0.0769 e. The Balaban J connectivity index is 1.82. The molecule has 0 amide bonds. The Hall–Kier alpha value is -0.480. The molecule has 1 aromatic rings. The Morgan fingerprint density at radius 2 is 2.23 bits per heavy atom. The summed E-state index contributed by atoms with van der Waals surface area (Å²) in [5.41, 5.74) is 1.08. The van der Waals surface area contributed by atoms with Crippen LogP contribution in [0.4, 0.5) is 0 Å². The van der Waals surface area contributed by atoms with Crippen LogP contribution in [0.15, 0.2) is 0 Å². The van der Waals surface area contributed by atoms with Gasteiger partial charge in [0.15, 0.2) is 0 Å². The Kier molecular flexibility index (Phi) is 2.90. The number of hydrogen-bond donors (Lipinski definition) is 1. The molecule has 0 aromatic carbocycles. The highest BCUT2D eigenvalue weighted by Gasteiger charge is 2.14. The molecule has 0 atom stereocenters. The molecular weight excluding hydrogens is 182 g/mol. The van der Waals surface area contributed by atoms with Gasteiger partial charge in [0.1, 0.15) is 0 Å². The van der Waals surface area contributed by atoms with Crippen molar-refractivity contribution < 1.29 is 0 Å². The second kappa shape index (κ2) is 4.15. The maximum atomic E-state index is 3.99. The second-order valence-electron chi connectivity index (χ2n) is 3.64. The van der Waals surface area contributed by atoms with Crippen molar-refractivity contribution in [2.45, 2.75) is 45.2 Å². The van der Waals surface area contributed by atoms with Crippen LogP contribution in [0.3, 0.4) is 0 Å². The molecule has 1 fully saturated rings. The number of rotatable bonds is 3. The zero-order chi connectivity index (χ0) is 9.10. The van der Waals surface area contributed by atoms with Crippen LogP contribution < -0.4 is 5.32 Å². The first kappa shape index (κ1) is 9.09. The van der Waals surface area contributed by atoms with E-state index >= 15 is 0 Å². The van der Waals surface area contributed by atoms with Gasteiger partial charge in [-0.15, -0.1) is 5.10 Å². The van der Waals surface area contributed by atoms with Crippen LogP contribution in [0.1, 0.15) is 36.3 Å². The second-order valence-corrected chi connectivity index (χ2v) is 4.48.